The van der Waals surface area contributed by atoms with Crippen LogP contribution in [0.3, 0.4) is 0 Å². The number of carbonyl (C=O) groups is 1. The van der Waals surface area contributed by atoms with Crippen LogP contribution in [-0.4, -0.2) is 36.7 Å². The van der Waals surface area contributed by atoms with Gasteiger partial charge in [0.25, 0.3) is 0 Å². The molecule has 0 bridgehead atoms. The van der Waals surface area contributed by atoms with Crippen molar-refractivity contribution in [1.29, 1.82) is 0 Å². The molecule has 1 atom stereocenters. The number of hydrogen-bond donors (Lipinski definition) is 1. The van der Waals surface area contributed by atoms with Crippen LogP contribution in [0.4, 0.5) is 0 Å². The minimum Gasteiger partial charge on any atom is -0.465 e. The monoisotopic (exact) mass is 217 g/mol. The van der Waals surface area contributed by atoms with Gasteiger partial charge >= 0.3 is 5.97 Å². The normalized spacial score (nSPS) is 21.9. The van der Waals surface area contributed by atoms with E-state index < -0.39 is 0 Å². The van der Waals surface area contributed by atoms with Crippen LogP contribution in [0.2, 0.25) is 0 Å². The highest BCUT2D eigenvalue weighted by Crippen LogP contribution is 2.23. The van der Waals surface area contributed by atoms with Gasteiger partial charge in [0.1, 0.15) is 0 Å². The minimum absolute atomic E-state index is 0.145. The third kappa shape index (κ3) is 4.86. The lowest BCUT2D eigenvalue weighted by Gasteiger charge is -2.21. The number of nitrogens with one attached hydrogen (secondary N) is 1. The summed E-state index contributed by atoms with van der Waals surface area (Å²) in [7, 11) is 0. The van der Waals surface area contributed by atoms with Crippen LogP contribution in [0.5, 0.6) is 0 Å². The van der Waals surface area contributed by atoms with Crippen LogP contribution in [0, 0.1) is 0 Å². The van der Waals surface area contributed by atoms with Gasteiger partial charge in [-0.15, -0.1) is 0 Å². The Balaban J connectivity index is 1.99. The molecule has 1 N–H and O–H groups in total. The van der Waals surface area contributed by atoms with Gasteiger partial charge in [0.2, 0.25) is 0 Å². The molecule has 0 spiro atoms. The van der Waals surface area contributed by atoms with E-state index in [2.05, 4.69) is 5.32 Å². The van der Waals surface area contributed by atoms with Gasteiger partial charge in [0, 0.05) is 11.8 Å². The first kappa shape index (κ1) is 11.9. The maximum atomic E-state index is 11.0. The van der Waals surface area contributed by atoms with Crippen molar-refractivity contribution in [1.82, 2.24) is 5.32 Å². The molecule has 0 radical (unpaired) electrons. The fraction of sp³-hybridized carbons (Fsp3) is 0.900. The Bertz CT molecular complexity index is 170. The second-order valence-electron chi connectivity index (χ2n) is 3.42. The van der Waals surface area contributed by atoms with Crippen LogP contribution in [0.25, 0.3) is 0 Å². The van der Waals surface area contributed by atoms with Crippen molar-refractivity contribution in [2.45, 2.75) is 31.4 Å². The quantitative estimate of drug-likeness (QED) is 0.707. The van der Waals surface area contributed by atoms with Crippen molar-refractivity contribution in [2.75, 3.05) is 25.4 Å². The average molecular weight is 217 g/mol. The number of thioether (sulfide) groups is 1. The summed E-state index contributed by atoms with van der Waals surface area (Å²) in [5, 5.41) is 3.84. The zero-order valence-electron chi connectivity index (χ0n) is 8.75. The van der Waals surface area contributed by atoms with E-state index in [1.54, 1.807) is 0 Å². The molecule has 1 saturated heterocycles. The molecule has 0 amide bonds. The molecule has 1 heterocycles. The Morgan fingerprint density at radius 1 is 1.57 bits per heavy atom. The Kier molecular flexibility index (Phi) is 6.03. The Morgan fingerprint density at radius 2 is 2.43 bits per heavy atom. The molecule has 1 aliphatic rings. The summed E-state index contributed by atoms with van der Waals surface area (Å²) in [6.45, 7) is 3.59. The molecule has 3 nitrogen and oxygen atoms in total. The van der Waals surface area contributed by atoms with Gasteiger partial charge in [-0.3, -0.25) is 4.79 Å². The molecular weight excluding hydrogens is 198 g/mol. The Morgan fingerprint density at radius 3 is 3.07 bits per heavy atom. The van der Waals surface area contributed by atoms with E-state index in [9.17, 15) is 4.79 Å². The molecule has 1 aliphatic heterocycles. The molecule has 1 rings (SSSR count). The number of ether oxygens (including phenoxy) is 1. The molecule has 0 saturated carbocycles. The average Bonchev–Trinajstić information content (AvgIpc) is 2.20. The zero-order chi connectivity index (χ0) is 10.2. The maximum Gasteiger partial charge on any atom is 0.319 e. The lowest BCUT2D eigenvalue weighted by atomic mass is 10.2. The standard InChI is InChI=1S/C10H19NO2S/c1-2-13-10(12)8-11-7-9-5-3-4-6-14-9/h9,11H,2-8H2,1H3. The third-order valence-electron chi connectivity index (χ3n) is 2.22. The first-order chi connectivity index (χ1) is 6.83. The van der Waals surface area contributed by atoms with E-state index >= 15 is 0 Å². The van der Waals surface area contributed by atoms with Gasteiger partial charge in [0.05, 0.1) is 13.2 Å². The number of hydrogen-bond acceptors (Lipinski definition) is 4. The summed E-state index contributed by atoms with van der Waals surface area (Å²) in [5.41, 5.74) is 0. The number of rotatable bonds is 5. The highest BCUT2D eigenvalue weighted by atomic mass is 32.2. The van der Waals surface area contributed by atoms with E-state index in [1.807, 2.05) is 18.7 Å². The first-order valence-corrected chi connectivity index (χ1v) is 6.35. The predicted molar refractivity (Wildman–Crippen MR) is 59.6 cm³/mol. The summed E-state index contributed by atoms with van der Waals surface area (Å²) < 4.78 is 4.82. The lowest BCUT2D eigenvalue weighted by Crippen LogP contribution is -2.31. The highest BCUT2D eigenvalue weighted by molar-refractivity contribution is 7.99. The lowest BCUT2D eigenvalue weighted by molar-refractivity contribution is -0.141. The van der Waals surface area contributed by atoms with Crippen molar-refractivity contribution in [3.8, 4) is 0 Å². The topological polar surface area (TPSA) is 38.3 Å². The van der Waals surface area contributed by atoms with Gasteiger partial charge in [-0.05, 0) is 25.5 Å². The molecular formula is C10H19NO2S. The van der Waals surface area contributed by atoms with Crippen molar-refractivity contribution in [2.24, 2.45) is 0 Å². The van der Waals surface area contributed by atoms with E-state index in [-0.39, 0.29) is 5.97 Å². The van der Waals surface area contributed by atoms with Crippen LogP contribution in [0.1, 0.15) is 26.2 Å². The molecule has 0 aromatic carbocycles. The summed E-state index contributed by atoms with van der Waals surface area (Å²) in [6, 6.07) is 0. The van der Waals surface area contributed by atoms with E-state index in [0.717, 1.165) is 6.54 Å². The third-order valence-corrected chi connectivity index (χ3v) is 3.62. The Hall–Kier alpha value is -0.220. The van der Waals surface area contributed by atoms with Crippen molar-refractivity contribution >= 4 is 17.7 Å². The van der Waals surface area contributed by atoms with E-state index in [0.29, 0.717) is 18.4 Å². The molecule has 1 fully saturated rings. The van der Waals surface area contributed by atoms with Gasteiger partial charge in [-0.1, -0.05) is 6.42 Å². The van der Waals surface area contributed by atoms with E-state index in [4.69, 9.17) is 4.74 Å². The zero-order valence-corrected chi connectivity index (χ0v) is 9.57. The minimum atomic E-state index is -0.145. The summed E-state index contributed by atoms with van der Waals surface area (Å²) in [4.78, 5) is 11.0. The molecule has 14 heavy (non-hydrogen) atoms. The Labute approximate surface area is 90.0 Å². The number of carbonyl (C=O) groups excluding carboxylic acids is 1. The molecule has 1 unspecified atom stereocenters. The summed E-state index contributed by atoms with van der Waals surface area (Å²) >= 11 is 2.01. The van der Waals surface area contributed by atoms with Crippen LogP contribution < -0.4 is 5.32 Å². The summed E-state index contributed by atoms with van der Waals surface area (Å²) in [5.74, 6) is 1.12. The van der Waals surface area contributed by atoms with Crippen molar-refractivity contribution in [3.63, 3.8) is 0 Å². The molecule has 4 heteroatoms. The van der Waals surface area contributed by atoms with Crippen molar-refractivity contribution in [3.05, 3.63) is 0 Å². The maximum absolute atomic E-state index is 11.0. The largest absolute Gasteiger partial charge is 0.465 e. The van der Waals surface area contributed by atoms with Gasteiger partial charge in [-0.25, -0.2) is 0 Å². The SMILES string of the molecule is CCOC(=O)CNCC1CCCCS1. The second kappa shape index (κ2) is 7.12. The van der Waals surface area contributed by atoms with Crippen LogP contribution in [0.15, 0.2) is 0 Å². The van der Waals surface area contributed by atoms with Gasteiger partial charge < -0.3 is 10.1 Å². The second-order valence-corrected chi connectivity index (χ2v) is 4.83. The van der Waals surface area contributed by atoms with Crippen molar-refractivity contribution < 1.29 is 9.53 Å². The molecule has 0 aliphatic carbocycles. The van der Waals surface area contributed by atoms with Crippen LogP contribution >= 0.6 is 11.8 Å². The fourth-order valence-electron chi connectivity index (χ4n) is 1.52. The predicted octanol–water partition coefficient (Wildman–Crippen LogP) is 1.42. The van der Waals surface area contributed by atoms with E-state index in [1.165, 1.54) is 25.0 Å². The highest BCUT2D eigenvalue weighted by Gasteiger charge is 2.13. The fourth-order valence-corrected chi connectivity index (χ4v) is 2.79. The molecule has 82 valence electrons. The van der Waals surface area contributed by atoms with Gasteiger partial charge in [-0.2, -0.15) is 11.8 Å². The molecule has 0 aromatic heterocycles. The van der Waals surface area contributed by atoms with Crippen LogP contribution in [-0.2, 0) is 9.53 Å². The number of esters is 1. The summed E-state index contributed by atoms with van der Waals surface area (Å²) in [6.07, 6.45) is 3.96. The first-order valence-electron chi connectivity index (χ1n) is 5.31. The van der Waals surface area contributed by atoms with Gasteiger partial charge in [0.15, 0.2) is 0 Å². The smallest absolute Gasteiger partial charge is 0.319 e. The molecule has 0 aromatic rings.